The highest BCUT2D eigenvalue weighted by Gasteiger charge is 2.14. The molecule has 0 fully saturated rings. The molecule has 0 bridgehead atoms. The smallest absolute Gasteiger partial charge is 0.168 e. The number of ether oxygens (including phenoxy) is 1. The normalized spacial score (nSPS) is 13.5. The van der Waals surface area contributed by atoms with Crippen LogP contribution in [0.15, 0.2) is 24.4 Å². The van der Waals surface area contributed by atoms with Gasteiger partial charge in [-0.15, -0.1) is 11.6 Å². The van der Waals surface area contributed by atoms with Crippen molar-refractivity contribution in [2.75, 3.05) is 0 Å². The predicted octanol–water partition coefficient (Wildman–Crippen LogP) is 4.62. The van der Waals surface area contributed by atoms with Crippen LogP contribution in [-0.4, -0.2) is 9.97 Å². The minimum atomic E-state index is 0.279. The lowest BCUT2D eigenvalue weighted by atomic mass is 10.1. The summed E-state index contributed by atoms with van der Waals surface area (Å²) in [4.78, 5) is 8.85. The van der Waals surface area contributed by atoms with Crippen LogP contribution >= 0.6 is 11.6 Å². The number of aromatic nitrogens is 2. The minimum absolute atomic E-state index is 0.279. The van der Waals surface area contributed by atoms with Crippen molar-refractivity contribution in [2.24, 2.45) is 0 Å². The molecule has 2 aromatic rings. The van der Waals surface area contributed by atoms with E-state index in [0.29, 0.717) is 11.6 Å². The van der Waals surface area contributed by atoms with Gasteiger partial charge < -0.3 is 4.74 Å². The minimum Gasteiger partial charge on any atom is -0.454 e. The number of nitrogens with zero attached hydrogens (tertiary/aromatic N) is 2. The van der Waals surface area contributed by atoms with E-state index in [9.17, 15) is 0 Å². The van der Waals surface area contributed by atoms with Crippen molar-refractivity contribution in [2.45, 2.75) is 44.9 Å². The Bertz CT molecular complexity index is 655. The zero-order valence-electron chi connectivity index (χ0n) is 12.4. The van der Waals surface area contributed by atoms with Crippen LogP contribution < -0.4 is 4.74 Å². The van der Waals surface area contributed by atoms with Crippen LogP contribution in [-0.2, 0) is 18.7 Å². The lowest BCUT2D eigenvalue weighted by molar-refractivity contribution is 0.469. The largest absolute Gasteiger partial charge is 0.454 e. The van der Waals surface area contributed by atoms with E-state index in [1.807, 2.05) is 6.07 Å². The maximum Gasteiger partial charge on any atom is 0.168 e. The van der Waals surface area contributed by atoms with Crippen LogP contribution in [0.25, 0.3) is 0 Å². The van der Waals surface area contributed by atoms with Crippen LogP contribution in [0.5, 0.6) is 11.5 Å². The Balaban J connectivity index is 1.87. The monoisotopic (exact) mass is 302 g/mol. The van der Waals surface area contributed by atoms with Gasteiger partial charge in [-0.25, -0.2) is 9.97 Å². The van der Waals surface area contributed by atoms with E-state index in [4.69, 9.17) is 16.3 Å². The Morgan fingerprint density at radius 2 is 2.05 bits per heavy atom. The SMILES string of the molecule is CC(C)c1ncc(Oc2ccc3c(c2)CCC3)c(CCl)n1. The number of hydrogen-bond donors (Lipinski definition) is 0. The van der Waals surface area contributed by atoms with Gasteiger partial charge in [0.1, 0.15) is 17.3 Å². The first-order valence-electron chi connectivity index (χ1n) is 7.39. The van der Waals surface area contributed by atoms with Crippen LogP contribution in [0.1, 0.15) is 48.8 Å². The van der Waals surface area contributed by atoms with Gasteiger partial charge >= 0.3 is 0 Å². The molecule has 0 unspecified atom stereocenters. The summed E-state index contributed by atoms with van der Waals surface area (Å²) in [6.07, 6.45) is 5.28. The second-order valence-corrected chi connectivity index (χ2v) is 5.98. The summed E-state index contributed by atoms with van der Waals surface area (Å²) in [5.74, 6) is 2.88. The number of rotatable bonds is 4. The molecule has 1 aliphatic carbocycles. The highest BCUT2D eigenvalue weighted by Crippen LogP contribution is 2.30. The average Bonchev–Trinajstić information content (AvgIpc) is 2.95. The Kier molecular flexibility index (Phi) is 4.11. The second kappa shape index (κ2) is 6.02. The number of aryl methyl sites for hydroxylation is 2. The molecule has 0 atom stereocenters. The molecule has 3 rings (SSSR count). The van der Waals surface area contributed by atoms with Gasteiger partial charge in [0.2, 0.25) is 0 Å². The number of halogens is 1. The van der Waals surface area contributed by atoms with Crippen molar-refractivity contribution < 1.29 is 4.74 Å². The lowest BCUT2D eigenvalue weighted by Crippen LogP contribution is -2.02. The summed E-state index contributed by atoms with van der Waals surface area (Å²) in [6, 6.07) is 6.29. The third-order valence-corrected chi connectivity index (χ3v) is 4.04. The molecule has 0 radical (unpaired) electrons. The summed E-state index contributed by atoms with van der Waals surface area (Å²) in [5.41, 5.74) is 3.57. The molecule has 0 N–H and O–H groups in total. The molecule has 0 saturated heterocycles. The van der Waals surface area contributed by atoms with Crippen LogP contribution in [0.4, 0.5) is 0 Å². The van der Waals surface area contributed by atoms with Crippen molar-refractivity contribution in [3.8, 4) is 11.5 Å². The molecule has 4 heteroatoms. The van der Waals surface area contributed by atoms with Gasteiger partial charge in [0.25, 0.3) is 0 Å². The summed E-state index contributed by atoms with van der Waals surface area (Å²) in [6.45, 7) is 4.13. The number of fused-ring (bicyclic) bond motifs is 1. The van der Waals surface area contributed by atoms with E-state index < -0.39 is 0 Å². The zero-order valence-corrected chi connectivity index (χ0v) is 13.2. The number of benzene rings is 1. The van der Waals surface area contributed by atoms with E-state index in [0.717, 1.165) is 23.7 Å². The number of alkyl halides is 1. The summed E-state index contributed by atoms with van der Waals surface area (Å²) >= 11 is 6.00. The number of hydrogen-bond acceptors (Lipinski definition) is 3. The second-order valence-electron chi connectivity index (χ2n) is 5.71. The molecular formula is C17H19ClN2O. The van der Waals surface area contributed by atoms with Crippen molar-refractivity contribution in [3.63, 3.8) is 0 Å². The van der Waals surface area contributed by atoms with Crippen molar-refractivity contribution in [1.29, 1.82) is 0 Å². The molecule has 1 aromatic heterocycles. The molecule has 1 aliphatic rings. The van der Waals surface area contributed by atoms with Crippen molar-refractivity contribution in [3.05, 3.63) is 47.0 Å². The predicted molar refractivity (Wildman–Crippen MR) is 84.2 cm³/mol. The van der Waals surface area contributed by atoms with Gasteiger partial charge in [-0.3, -0.25) is 0 Å². The molecule has 1 aromatic carbocycles. The maximum absolute atomic E-state index is 6.00. The summed E-state index contributed by atoms with van der Waals surface area (Å²) < 4.78 is 5.95. The first-order chi connectivity index (χ1) is 10.2. The average molecular weight is 303 g/mol. The van der Waals surface area contributed by atoms with E-state index in [2.05, 4.69) is 35.9 Å². The molecule has 21 heavy (non-hydrogen) atoms. The van der Waals surface area contributed by atoms with Crippen LogP contribution in [0, 0.1) is 0 Å². The maximum atomic E-state index is 6.00. The van der Waals surface area contributed by atoms with Gasteiger partial charge in [-0.2, -0.15) is 0 Å². The quantitative estimate of drug-likeness (QED) is 0.773. The van der Waals surface area contributed by atoms with Gasteiger partial charge in [0, 0.05) is 5.92 Å². The molecule has 3 nitrogen and oxygen atoms in total. The van der Waals surface area contributed by atoms with E-state index in [1.165, 1.54) is 24.0 Å². The third-order valence-electron chi connectivity index (χ3n) is 3.79. The fraction of sp³-hybridized carbons (Fsp3) is 0.412. The van der Waals surface area contributed by atoms with Crippen LogP contribution in [0.2, 0.25) is 0 Å². The Morgan fingerprint density at radius 3 is 2.81 bits per heavy atom. The summed E-state index contributed by atoms with van der Waals surface area (Å²) in [5, 5.41) is 0. The molecule has 0 saturated carbocycles. The van der Waals surface area contributed by atoms with E-state index >= 15 is 0 Å². The molecule has 0 spiro atoms. The summed E-state index contributed by atoms with van der Waals surface area (Å²) in [7, 11) is 0. The topological polar surface area (TPSA) is 35.0 Å². The Morgan fingerprint density at radius 1 is 1.24 bits per heavy atom. The molecule has 0 amide bonds. The standard InChI is InChI=1S/C17H19ClN2O/c1-11(2)17-19-10-16(15(9-18)20-17)21-14-7-6-12-4-3-5-13(12)8-14/h6-8,10-11H,3-5,9H2,1-2H3. The van der Waals surface area contributed by atoms with E-state index in [1.54, 1.807) is 6.20 Å². The zero-order chi connectivity index (χ0) is 14.8. The molecule has 0 aliphatic heterocycles. The first-order valence-corrected chi connectivity index (χ1v) is 7.92. The van der Waals surface area contributed by atoms with Crippen LogP contribution in [0.3, 0.4) is 0 Å². The molecular weight excluding hydrogens is 284 g/mol. The molecule has 110 valence electrons. The molecule has 1 heterocycles. The van der Waals surface area contributed by atoms with Gasteiger partial charge in [0.15, 0.2) is 5.75 Å². The fourth-order valence-electron chi connectivity index (χ4n) is 2.62. The first kappa shape index (κ1) is 14.3. The third kappa shape index (κ3) is 3.03. The van der Waals surface area contributed by atoms with Gasteiger partial charge in [-0.05, 0) is 42.5 Å². The Labute approximate surface area is 130 Å². The van der Waals surface area contributed by atoms with Crippen molar-refractivity contribution in [1.82, 2.24) is 9.97 Å². The van der Waals surface area contributed by atoms with Gasteiger partial charge in [0.05, 0.1) is 12.1 Å². The fourth-order valence-corrected chi connectivity index (χ4v) is 2.81. The van der Waals surface area contributed by atoms with E-state index in [-0.39, 0.29) is 5.92 Å². The Hall–Kier alpha value is -1.61. The highest BCUT2D eigenvalue weighted by atomic mass is 35.5. The van der Waals surface area contributed by atoms with Gasteiger partial charge in [-0.1, -0.05) is 19.9 Å². The van der Waals surface area contributed by atoms with Crippen molar-refractivity contribution >= 4 is 11.6 Å². The highest BCUT2D eigenvalue weighted by molar-refractivity contribution is 6.17. The lowest BCUT2D eigenvalue weighted by Gasteiger charge is -2.12.